The third-order valence-electron chi connectivity index (χ3n) is 3.39. The van der Waals surface area contributed by atoms with Gasteiger partial charge in [0.2, 0.25) is 0 Å². The first kappa shape index (κ1) is 10.8. The van der Waals surface area contributed by atoms with Crippen LogP contribution in [0.5, 0.6) is 5.75 Å². The van der Waals surface area contributed by atoms with Crippen molar-refractivity contribution in [2.45, 2.75) is 31.6 Å². The first-order valence-electron chi connectivity index (χ1n) is 5.41. The van der Waals surface area contributed by atoms with Crippen LogP contribution in [0.1, 0.15) is 25.3 Å². The van der Waals surface area contributed by atoms with E-state index in [0.717, 1.165) is 12.2 Å². The molecule has 2 rings (SSSR count). The lowest BCUT2D eigenvalue weighted by Crippen LogP contribution is -2.00. The SMILES string of the molecule is COc1ccc(CCC2(C)CC2Cl)cc1. The lowest BCUT2D eigenvalue weighted by molar-refractivity contribution is 0.414. The molecule has 0 heterocycles. The Bertz CT molecular complexity index is 333. The number of aryl methyl sites for hydroxylation is 1. The molecule has 0 bridgehead atoms. The van der Waals surface area contributed by atoms with Crippen LogP contribution in [0.4, 0.5) is 0 Å². The van der Waals surface area contributed by atoms with E-state index in [4.69, 9.17) is 16.3 Å². The van der Waals surface area contributed by atoms with Crippen molar-refractivity contribution < 1.29 is 4.74 Å². The van der Waals surface area contributed by atoms with Gasteiger partial charge in [-0.15, -0.1) is 11.6 Å². The molecule has 1 nitrogen and oxygen atoms in total. The van der Waals surface area contributed by atoms with Crippen LogP contribution < -0.4 is 4.74 Å². The van der Waals surface area contributed by atoms with Crippen molar-refractivity contribution >= 4 is 11.6 Å². The lowest BCUT2D eigenvalue weighted by Gasteiger charge is -2.08. The van der Waals surface area contributed by atoms with Gasteiger partial charge in [-0.3, -0.25) is 0 Å². The third kappa shape index (κ3) is 2.46. The van der Waals surface area contributed by atoms with Gasteiger partial charge in [0.15, 0.2) is 0 Å². The fraction of sp³-hybridized carbons (Fsp3) is 0.538. The highest BCUT2D eigenvalue weighted by Crippen LogP contribution is 2.53. The maximum atomic E-state index is 6.09. The second-order valence-electron chi connectivity index (χ2n) is 4.67. The van der Waals surface area contributed by atoms with Crippen LogP contribution in [0.15, 0.2) is 24.3 Å². The zero-order valence-corrected chi connectivity index (χ0v) is 10.1. The number of hydrogen-bond donors (Lipinski definition) is 0. The second-order valence-corrected chi connectivity index (χ2v) is 5.20. The topological polar surface area (TPSA) is 9.23 Å². The largest absolute Gasteiger partial charge is 0.497 e. The molecule has 1 aromatic rings. The molecule has 2 unspecified atom stereocenters. The first-order chi connectivity index (χ1) is 7.14. The van der Waals surface area contributed by atoms with E-state index < -0.39 is 0 Å². The van der Waals surface area contributed by atoms with Crippen LogP contribution >= 0.6 is 11.6 Å². The first-order valence-corrected chi connectivity index (χ1v) is 5.85. The summed E-state index contributed by atoms with van der Waals surface area (Å²) in [6, 6.07) is 8.30. The average Bonchev–Trinajstić information content (AvgIpc) is 2.85. The minimum absolute atomic E-state index is 0.390. The quantitative estimate of drug-likeness (QED) is 0.710. The van der Waals surface area contributed by atoms with E-state index in [2.05, 4.69) is 19.1 Å². The predicted molar refractivity (Wildman–Crippen MR) is 63.7 cm³/mol. The zero-order chi connectivity index (χ0) is 10.9. The summed E-state index contributed by atoms with van der Waals surface area (Å²) < 4.78 is 5.12. The summed E-state index contributed by atoms with van der Waals surface area (Å²) in [6.07, 6.45) is 3.47. The van der Waals surface area contributed by atoms with E-state index in [1.54, 1.807) is 7.11 Å². The summed E-state index contributed by atoms with van der Waals surface area (Å²) in [5.41, 5.74) is 1.76. The number of rotatable bonds is 4. The third-order valence-corrected chi connectivity index (χ3v) is 4.07. The fourth-order valence-corrected chi connectivity index (χ4v) is 2.29. The number of hydrogen-bond acceptors (Lipinski definition) is 1. The number of ether oxygens (including phenoxy) is 1. The molecular formula is C13H17ClO. The van der Waals surface area contributed by atoms with Crippen LogP contribution in [0.3, 0.4) is 0 Å². The Labute approximate surface area is 96.4 Å². The molecule has 0 saturated heterocycles. The van der Waals surface area contributed by atoms with Crippen LogP contribution in [0.2, 0.25) is 0 Å². The van der Waals surface area contributed by atoms with Crippen molar-refractivity contribution in [1.82, 2.24) is 0 Å². The van der Waals surface area contributed by atoms with Gasteiger partial charge in [-0.2, -0.15) is 0 Å². The molecule has 2 atom stereocenters. The Morgan fingerprint density at radius 2 is 2.00 bits per heavy atom. The van der Waals surface area contributed by atoms with Crippen LogP contribution in [-0.2, 0) is 6.42 Å². The molecule has 0 aliphatic heterocycles. The molecule has 0 aromatic heterocycles. The summed E-state index contributed by atoms with van der Waals surface area (Å²) in [4.78, 5) is 0. The van der Waals surface area contributed by atoms with Gasteiger partial charge in [0.25, 0.3) is 0 Å². The maximum absolute atomic E-state index is 6.09. The monoisotopic (exact) mass is 224 g/mol. The highest BCUT2D eigenvalue weighted by atomic mass is 35.5. The van der Waals surface area contributed by atoms with Gasteiger partial charge in [-0.1, -0.05) is 19.1 Å². The fourth-order valence-electron chi connectivity index (χ4n) is 1.83. The van der Waals surface area contributed by atoms with Gasteiger partial charge in [0, 0.05) is 5.38 Å². The van der Waals surface area contributed by atoms with E-state index in [1.165, 1.54) is 18.4 Å². The minimum Gasteiger partial charge on any atom is -0.497 e. The predicted octanol–water partition coefficient (Wildman–Crippen LogP) is 3.65. The maximum Gasteiger partial charge on any atom is 0.118 e. The zero-order valence-electron chi connectivity index (χ0n) is 9.29. The van der Waals surface area contributed by atoms with E-state index in [-0.39, 0.29) is 0 Å². The summed E-state index contributed by atoms with van der Waals surface area (Å²) in [6.45, 7) is 2.27. The molecule has 15 heavy (non-hydrogen) atoms. The average molecular weight is 225 g/mol. The molecule has 0 N–H and O–H groups in total. The standard InChI is InChI=1S/C13H17ClO/c1-13(9-12(13)14)8-7-10-3-5-11(15-2)6-4-10/h3-6,12H,7-9H2,1-2H3. The minimum atomic E-state index is 0.390. The van der Waals surface area contributed by atoms with Gasteiger partial charge < -0.3 is 4.74 Å². The molecule has 1 fully saturated rings. The van der Waals surface area contributed by atoms with Gasteiger partial charge in [-0.25, -0.2) is 0 Å². The van der Waals surface area contributed by atoms with Crippen molar-refractivity contribution in [3.8, 4) is 5.75 Å². The molecule has 0 radical (unpaired) electrons. The Balaban J connectivity index is 1.88. The number of halogens is 1. The lowest BCUT2D eigenvalue weighted by atomic mass is 9.99. The highest BCUT2D eigenvalue weighted by molar-refractivity contribution is 6.23. The Hall–Kier alpha value is -0.690. The van der Waals surface area contributed by atoms with E-state index in [9.17, 15) is 0 Å². The van der Waals surface area contributed by atoms with E-state index in [1.807, 2.05) is 12.1 Å². The molecule has 82 valence electrons. The van der Waals surface area contributed by atoms with Crippen molar-refractivity contribution in [3.05, 3.63) is 29.8 Å². The molecule has 1 aromatic carbocycles. The molecule has 2 heteroatoms. The number of methoxy groups -OCH3 is 1. The van der Waals surface area contributed by atoms with Crippen LogP contribution in [-0.4, -0.2) is 12.5 Å². The molecule has 1 saturated carbocycles. The molecular weight excluding hydrogens is 208 g/mol. The van der Waals surface area contributed by atoms with E-state index >= 15 is 0 Å². The summed E-state index contributed by atoms with van der Waals surface area (Å²) in [7, 11) is 1.69. The van der Waals surface area contributed by atoms with Crippen molar-refractivity contribution in [3.63, 3.8) is 0 Å². The van der Waals surface area contributed by atoms with Crippen molar-refractivity contribution in [2.75, 3.05) is 7.11 Å². The van der Waals surface area contributed by atoms with E-state index in [0.29, 0.717) is 10.8 Å². The van der Waals surface area contributed by atoms with Crippen molar-refractivity contribution in [1.29, 1.82) is 0 Å². The summed E-state index contributed by atoms with van der Waals surface area (Å²) in [5.74, 6) is 0.923. The molecule has 0 amide bonds. The smallest absolute Gasteiger partial charge is 0.118 e. The molecule has 1 aliphatic rings. The van der Waals surface area contributed by atoms with Crippen LogP contribution in [0.25, 0.3) is 0 Å². The summed E-state index contributed by atoms with van der Waals surface area (Å²) >= 11 is 6.09. The Morgan fingerprint density at radius 1 is 1.40 bits per heavy atom. The Morgan fingerprint density at radius 3 is 2.47 bits per heavy atom. The summed E-state index contributed by atoms with van der Waals surface area (Å²) in [5, 5.41) is 0.399. The van der Waals surface area contributed by atoms with Gasteiger partial charge in [0.1, 0.15) is 5.75 Å². The van der Waals surface area contributed by atoms with Crippen LogP contribution in [0, 0.1) is 5.41 Å². The van der Waals surface area contributed by atoms with Crippen molar-refractivity contribution in [2.24, 2.45) is 5.41 Å². The number of alkyl halides is 1. The second kappa shape index (κ2) is 4.05. The van der Waals surface area contributed by atoms with Gasteiger partial charge in [0.05, 0.1) is 7.11 Å². The van der Waals surface area contributed by atoms with Gasteiger partial charge >= 0.3 is 0 Å². The normalized spacial score (nSPS) is 28.9. The highest BCUT2D eigenvalue weighted by Gasteiger charge is 2.47. The van der Waals surface area contributed by atoms with Gasteiger partial charge in [-0.05, 0) is 42.4 Å². The molecule has 0 spiro atoms. The number of benzene rings is 1. The Kier molecular flexibility index (Phi) is 2.92. The molecule has 1 aliphatic carbocycles.